The molecule has 0 unspecified atom stereocenters. The molecule has 0 radical (unpaired) electrons. The van der Waals surface area contributed by atoms with Crippen LogP contribution in [0.4, 0.5) is 0 Å². The Balaban J connectivity index is 3.10. The molecule has 92 valence electrons. The molecule has 0 aliphatic heterocycles. The highest BCUT2D eigenvalue weighted by molar-refractivity contribution is 5.85. The highest BCUT2D eigenvalue weighted by atomic mass is 16.4. The van der Waals surface area contributed by atoms with E-state index in [0.29, 0.717) is 0 Å². The summed E-state index contributed by atoms with van der Waals surface area (Å²) in [4.78, 5) is 20.6. The molecule has 0 fully saturated rings. The molecule has 0 spiro atoms. The smallest absolute Gasteiger partial charge is 0.303 e. The van der Waals surface area contributed by atoms with Crippen LogP contribution in [0.2, 0.25) is 0 Å². The van der Waals surface area contributed by atoms with E-state index < -0.39 is 11.9 Å². The van der Waals surface area contributed by atoms with Gasteiger partial charge in [-0.05, 0) is 25.3 Å². The number of carboxylic acids is 1. The van der Waals surface area contributed by atoms with Crippen LogP contribution in [0.3, 0.4) is 0 Å². The fraction of sp³-hybridized carbons (Fsp3) is 0.667. The summed E-state index contributed by atoms with van der Waals surface area (Å²) in [5, 5.41) is 8.41. The maximum Gasteiger partial charge on any atom is 0.303 e. The number of nitrogens with two attached hydrogens (primary N) is 1. The van der Waals surface area contributed by atoms with Gasteiger partial charge in [-0.2, -0.15) is 0 Å². The minimum Gasteiger partial charge on any atom is -0.481 e. The zero-order valence-corrected chi connectivity index (χ0v) is 9.65. The molecule has 0 atom stereocenters. The van der Waals surface area contributed by atoms with Gasteiger partial charge in [0.15, 0.2) is 0 Å². The van der Waals surface area contributed by atoms with E-state index in [9.17, 15) is 9.59 Å². The Morgan fingerprint density at radius 1 is 1.00 bits per heavy atom. The average Bonchev–Trinajstić information content (AvgIpc) is 2.20. The van der Waals surface area contributed by atoms with Crippen LogP contribution in [-0.4, -0.2) is 17.0 Å². The topological polar surface area (TPSA) is 80.4 Å². The van der Waals surface area contributed by atoms with E-state index in [2.05, 4.69) is 0 Å². The summed E-state index contributed by atoms with van der Waals surface area (Å²) >= 11 is 0. The number of rotatable bonds is 10. The van der Waals surface area contributed by atoms with Crippen molar-refractivity contribution in [2.24, 2.45) is 5.73 Å². The molecule has 0 rings (SSSR count). The van der Waals surface area contributed by atoms with E-state index in [1.807, 2.05) is 0 Å². The lowest BCUT2D eigenvalue weighted by atomic mass is 10.1. The van der Waals surface area contributed by atoms with Crippen molar-refractivity contribution in [3.63, 3.8) is 0 Å². The Morgan fingerprint density at radius 2 is 1.56 bits per heavy atom. The highest BCUT2D eigenvalue weighted by Crippen LogP contribution is 2.08. The van der Waals surface area contributed by atoms with Crippen molar-refractivity contribution in [3.8, 4) is 0 Å². The molecule has 0 aliphatic rings. The van der Waals surface area contributed by atoms with E-state index in [-0.39, 0.29) is 6.42 Å². The van der Waals surface area contributed by atoms with Gasteiger partial charge in [0.1, 0.15) is 0 Å². The molecule has 1 amide bonds. The second-order valence-corrected chi connectivity index (χ2v) is 3.86. The van der Waals surface area contributed by atoms with E-state index in [1.54, 1.807) is 6.08 Å². The van der Waals surface area contributed by atoms with Crippen molar-refractivity contribution in [1.29, 1.82) is 0 Å². The SMILES string of the molecule is NC(=O)/C=C/CCCCCCCCC(=O)O. The first-order chi connectivity index (χ1) is 7.63. The summed E-state index contributed by atoms with van der Waals surface area (Å²) in [6.45, 7) is 0. The van der Waals surface area contributed by atoms with Crippen LogP contribution >= 0.6 is 0 Å². The quantitative estimate of drug-likeness (QED) is 0.443. The van der Waals surface area contributed by atoms with Crippen LogP contribution in [0.1, 0.15) is 51.4 Å². The first-order valence-corrected chi connectivity index (χ1v) is 5.80. The molecule has 16 heavy (non-hydrogen) atoms. The van der Waals surface area contributed by atoms with E-state index in [0.717, 1.165) is 44.9 Å². The number of unbranched alkanes of at least 4 members (excludes halogenated alkanes) is 6. The molecular weight excluding hydrogens is 206 g/mol. The van der Waals surface area contributed by atoms with Crippen LogP contribution in [0.15, 0.2) is 12.2 Å². The largest absolute Gasteiger partial charge is 0.481 e. The van der Waals surface area contributed by atoms with Crippen molar-refractivity contribution in [2.45, 2.75) is 51.4 Å². The van der Waals surface area contributed by atoms with Crippen LogP contribution in [0, 0.1) is 0 Å². The van der Waals surface area contributed by atoms with Crippen LogP contribution in [0.25, 0.3) is 0 Å². The number of hydrogen-bond acceptors (Lipinski definition) is 2. The summed E-state index contributed by atoms with van der Waals surface area (Å²) in [7, 11) is 0. The number of hydrogen-bond donors (Lipinski definition) is 2. The molecule has 0 heterocycles. The van der Waals surface area contributed by atoms with Crippen molar-refractivity contribution >= 4 is 11.9 Å². The number of carbonyl (C=O) groups is 2. The van der Waals surface area contributed by atoms with Gasteiger partial charge in [0.2, 0.25) is 5.91 Å². The number of allylic oxidation sites excluding steroid dienone is 1. The van der Waals surface area contributed by atoms with Gasteiger partial charge < -0.3 is 10.8 Å². The van der Waals surface area contributed by atoms with Gasteiger partial charge in [-0.3, -0.25) is 9.59 Å². The Morgan fingerprint density at radius 3 is 2.12 bits per heavy atom. The minimum absolute atomic E-state index is 0.279. The highest BCUT2D eigenvalue weighted by Gasteiger charge is 1.96. The zero-order valence-electron chi connectivity index (χ0n) is 9.65. The molecule has 4 nitrogen and oxygen atoms in total. The third-order valence-corrected chi connectivity index (χ3v) is 2.29. The standard InChI is InChI=1S/C12H21NO3/c13-11(14)9-7-5-3-1-2-4-6-8-10-12(15)16/h7,9H,1-6,8,10H2,(H2,13,14)(H,15,16)/b9-7+. The van der Waals surface area contributed by atoms with Crippen molar-refractivity contribution < 1.29 is 14.7 Å². The zero-order chi connectivity index (χ0) is 12.2. The summed E-state index contributed by atoms with van der Waals surface area (Å²) in [6, 6.07) is 0. The second-order valence-electron chi connectivity index (χ2n) is 3.86. The summed E-state index contributed by atoms with van der Waals surface area (Å²) < 4.78 is 0. The van der Waals surface area contributed by atoms with Crippen molar-refractivity contribution in [2.75, 3.05) is 0 Å². The molecule has 0 aromatic heterocycles. The van der Waals surface area contributed by atoms with Crippen LogP contribution < -0.4 is 5.73 Å². The van der Waals surface area contributed by atoms with Crippen molar-refractivity contribution in [3.05, 3.63) is 12.2 Å². The third-order valence-electron chi connectivity index (χ3n) is 2.29. The van der Waals surface area contributed by atoms with E-state index >= 15 is 0 Å². The fourth-order valence-electron chi connectivity index (χ4n) is 1.45. The average molecular weight is 227 g/mol. The Labute approximate surface area is 96.5 Å². The van der Waals surface area contributed by atoms with Crippen molar-refractivity contribution in [1.82, 2.24) is 0 Å². The first-order valence-electron chi connectivity index (χ1n) is 5.80. The first kappa shape index (κ1) is 14.7. The summed E-state index contributed by atoms with van der Waals surface area (Å²) in [5.41, 5.74) is 4.94. The van der Waals surface area contributed by atoms with Gasteiger partial charge in [-0.15, -0.1) is 0 Å². The number of carboxylic acid groups (broad SMARTS) is 1. The molecule has 0 aromatic carbocycles. The molecule has 3 N–H and O–H groups in total. The van der Waals surface area contributed by atoms with Gasteiger partial charge >= 0.3 is 5.97 Å². The Kier molecular flexibility index (Phi) is 9.36. The predicted molar refractivity (Wildman–Crippen MR) is 62.9 cm³/mol. The molecule has 4 heteroatoms. The lowest BCUT2D eigenvalue weighted by Gasteiger charge is -1.99. The monoisotopic (exact) mass is 227 g/mol. The third kappa shape index (κ3) is 12.7. The number of amides is 1. The molecule has 0 aliphatic carbocycles. The maximum absolute atomic E-state index is 10.3. The van der Waals surface area contributed by atoms with Crippen LogP contribution in [0.5, 0.6) is 0 Å². The van der Waals surface area contributed by atoms with Gasteiger partial charge in [0, 0.05) is 6.42 Å². The van der Waals surface area contributed by atoms with E-state index in [1.165, 1.54) is 6.08 Å². The molecule has 0 saturated heterocycles. The van der Waals surface area contributed by atoms with E-state index in [4.69, 9.17) is 10.8 Å². The fourth-order valence-corrected chi connectivity index (χ4v) is 1.45. The molecule has 0 aromatic rings. The van der Waals surface area contributed by atoms with Gasteiger partial charge in [0.25, 0.3) is 0 Å². The molecule has 0 bridgehead atoms. The van der Waals surface area contributed by atoms with Crippen LogP contribution in [-0.2, 0) is 9.59 Å². The lowest BCUT2D eigenvalue weighted by molar-refractivity contribution is -0.137. The minimum atomic E-state index is -0.711. The maximum atomic E-state index is 10.3. The number of aliphatic carboxylic acids is 1. The lowest BCUT2D eigenvalue weighted by Crippen LogP contribution is -2.05. The molecular formula is C12H21NO3. The Bertz CT molecular complexity index is 236. The number of primary amides is 1. The van der Waals surface area contributed by atoms with Gasteiger partial charge in [0.05, 0.1) is 0 Å². The normalized spacial score (nSPS) is 10.8. The second kappa shape index (κ2) is 10.2. The van der Waals surface area contributed by atoms with Gasteiger partial charge in [-0.25, -0.2) is 0 Å². The molecule has 0 saturated carbocycles. The summed E-state index contributed by atoms with van der Waals surface area (Å²) in [6.07, 6.45) is 10.5. The predicted octanol–water partition coefficient (Wildman–Crippen LogP) is 2.23. The number of carbonyl (C=O) groups excluding carboxylic acids is 1. The Hall–Kier alpha value is -1.32. The summed E-state index contributed by atoms with van der Waals surface area (Å²) in [5.74, 6) is -1.11. The van der Waals surface area contributed by atoms with Gasteiger partial charge in [-0.1, -0.05) is 31.8 Å².